The molecule has 0 saturated carbocycles. The first-order valence-corrected chi connectivity index (χ1v) is 11.1. The van der Waals surface area contributed by atoms with Gasteiger partial charge in [-0.3, -0.25) is 4.79 Å². The van der Waals surface area contributed by atoms with Crippen molar-refractivity contribution in [2.45, 2.75) is 17.5 Å². The van der Waals surface area contributed by atoms with Gasteiger partial charge in [0.1, 0.15) is 12.1 Å². The summed E-state index contributed by atoms with van der Waals surface area (Å²) < 4.78 is 0.780. The van der Waals surface area contributed by atoms with E-state index in [1.807, 2.05) is 83.8 Å². The van der Waals surface area contributed by atoms with Crippen LogP contribution in [0.1, 0.15) is 27.4 Å². The van der Waals surface area contributed by atoms with Crippen LogP contribution < -0.4 is 4.90 Å². The second kappa shape index (κ2) is 7.79. The number of carbonyl (C=O) groups excluding carboxylic acids is 1. The molecular weight excluding hydrogens is 462 g/mol. The number of hydrogen-bond acceptors (Lipinski definition) is 4. The summed E-state index contributed by atoms with van der Waals surface area (Å²) in [5.74, 6) is -1.33. The van der Waals surface area contributed by atoms with E-state index in [-0.39, 0.29) is 5.78 Å². The van der Waals surface area contributed by atoms with Gasteiger partial charge < -0.3 is 4.90 Å². The number of carbonyl (C=O) groups is 1. The molecule has 1 saturated heterocycles. The van der Waals surface area contributed by atoms with Crippen molar-refractivity contribution in [2.75, 3.05) is 4.90 Å². The molecule has 5 heteroatoms. The summed E-state index contributed by atoms with van der Waals surface area (Å²) in [6, 6.07) is 28.6. The maximum absolute atomic E-state index is 13.9. The predicted octanol–water partition coefficient (Wildman–Crippen LogP) is 5.73. The topological polar surface area (TPSA) is 67.9 Å². The molecule has 0 aromatic heterocycles. The molecule has 0 radical (unpaired) electrons. The molecule has 0 amide bonds. The van der Waals surface area contributed by atoms with E-state index in [9.17, 15) is 15.3 Å². The van der Waals surface area contributed by atoms with Gasteiger partial charge in [-0.25, -0.2) is 0 Å². The first kappa shape index (κ1) is 20.2. The van der Waals surface area contributed by atoms with Gasteiger partial charge in [-0.1, -0.05) is 94.8 Å². The minimum atomic E-state index is -1.55. The third-order valence-electron chi connectivity index (χ3n) is 6.47. The van der Waals surface area contributed by atoms with Gasteiger partial charge in [-0.2, -0.15) is 10.5 Å². The lowest BCUT2D eigenvalue weighted by Gasteiger charge is -2.37. The van der Waals surface area contributed by atoms with Crippen LogP contribution in [0.15, 0.2) is 89.4 Å². The standard InChI is InChI=1S/C27H18BrN3O/c28-21-12-6-5-11-20(21)25-24(26(32)19-9-2-1-3-10-19)23-15-14-18-8-4-7-13-22(18)31(23)27(25,16-29)17-30/h1-15,23-25H/t23-,24+,25-/m0/s1. The third kappa shape index (κ3) is 2.83. The molecule has 0 aliphatic carbocycles. The van der Waals surface area contributed by atoms with Gasteiger partial charge in [0.25, 0.3) is 0 Å². The Hall–Kier alpha value is -3.67. The van der Waals surface area contributed by atoms with Gasteiger partial charge in [0.15, 0.2) is 5.78 Å². The molecule has 2 heterocycles. The minimum absolute atomic E-state index is 0.0715. The van der Waals surface area contributed by atoms with E-state index in [0.29, 0.717) is 5.56 Å². The third-order valence-corrected chi connectivity index (χ3v) is 7.19. The van der Waals surface area contributed by atoms with Crippen LogP contribution in [0.4, 0.5) is 5.69 Å². The van der Waals surface area contributed by atoms with E-state index in [1.165, 1.54) is 0 Å². The summed E-state index contributed by atoms with van der Waals surface area (Å²) in [5, 5.41) is 21.0. The molecule has 3 aromatic rings. The van der Waals surface area contributed by atoms with Crippen LogP contribution in [0.25, 0.3) is 6.08 Å². The molecule has 0 N–H and O–H groups in total. The predicted molar refractivity (Wildman–Crippen MR) is 127 cm³/mol. The molecule has 3 atom stereocenters. The lowest BCUT2D eigenvalue weighted by molar-refractivity contribution is 0.0906. The monoisotopic (exact) mass is 479 g/mol. The molecule has 0 spiro atoms. The first-order chi connectivity index (χ1) is 15.6. The van der Waals surface area contributed by atoms with Crippen molar-refractivity contribution in [3.05, 3.63) is 106 Å². The van der Waals surface area contributed by atoms with Crippen molar-refractivity contribution >= 4 is 33.5 Å². The molecule has 32 heavy (non-hydrogen) atoms. The number of para-hydroxylation sites is 1. The lowest BCUT2D eigenvalue weighted by Crippen LogP contribution is -2.48. The molecule has 5 rings (SSSR count). The Balaban J connectivity index is 1.80. The summed E-state index contributed by atoms with van der Waals surface area (Å²) in [5.41, 5.74) is 1.53. The van der Waals surface area contributed by atoms with Crippen molar-refractivity contribution in [3.63, 3.8) is 0 Å². The number of nitrogens with zero attached hydrogens (tertiary/aromatic N) is 3. The molecule has 2 aliphatic rings. The van der Waals surface area contributed by atoms with Crippen LogP contribution in [-0.4, -0.2) is 17.4 Å². The summed E-state index contributed by atoms with van der Waals surface area (Å²) in [6.45, 7) is 0. The Labute approximate surface area is 195 Å². The largest absolute Gasteiger partial charge is 0.333 e. The summed E-state index contributed by atoms with van der Waals surface area (Å²) in [4.78, 5) is 15.8. The summed E-state index contributed by atoms with van der Waals surface area (Å²) in [7, 11) is 0. The van der Waals surface area contributed by atoms with Crippen LogP contribution in [0.5, 0.6) is 0 Å². The quantitative estimate of drug-likeness (QED) is 0.449. The molecular formula is C27H18BrN3O. The number of anilines is 1. The van der Waals surface area contributed by atoms with Crippen LogP contribution in [0.3, 0.4) is 0 Å². The van der Waals surface area contributed by atoms with Crippen molar-refractivity contribution in [3.8, 4) is 12.1 Å². The highest BCUT2D eigenvalue weighted by atomic mass is 79.9. The van der Waals surface area contributed by atoms with E-state index < -0.39 is 23.4 Å². The Kier molecular flexibility index (Phi) is 4.93. The van der Waals surface area contributed by atoms with E-state index in [4.69, 9.17) is 0 Å². The number of halogens is 1. The Bertz CT molecular complexity index is 1300. The number of fused-ring (bicyclic) bond motifs is 3. The average Bonchev–Trinajstić information content (AvgIpc) is 3.15. The van der Waals surface area contributed by atoms with Crippen LogP contribution in [0, 0.1) is 28.6 Å². The van der Waals surface area contributed by atoms with E-state index in [2.05, 4.69) is 28.1 Å². The number of ketones is 1. The SMILES string of the molecule is N#CC1(C#N)[C@@H](c2ccccc2Br)[C@H](C(=O)c2ccccc2)[C@@H]2C=Cc3ccccc3N21. The van der Waals surface area contributed by atoms with Crippen LogP contribution >= 0.6 is 15.9 Å². The van der Waals surface area contributed by atoms with Crippen LogP contribution in [-0.2, 0) is 0 Å². The molecule has 1 fully saturated rings. The highest BCUT2D eigenvalue weighted by Gasteiger charge is 2.63. The summed E-state index contributed by atoms with van der Waals surface area (Å²) in [6.07, 6.45) is 3.96. The second-order valence-corrected chi connectivity index (χ2v) is 8.88. The number of nitriles is 2. The van der Waals surface area contributed by atoms with E-state index >= 15 is 0 Å². The summed E-state index contributed by atoms with van der Waals surface area (Å²) >= 11 is 3.61. The number of hydrogen-bond donors (Lipinski definition) is 0. The fraction of sp³-hybridized carbons (Fsp3) is 0.148. The van der Waals surface area contributed by atoms with E-state index in [1.54, 1.807) is 12.1 Å². The minimum Gasteiger partial charge on any atom is -0.333 e. The molecule has 4 nitrogen and oxygen atoms in total. The molecule has 2 aliphatic heterocycles. The Morgan fingerprint density at radius 1 is 0.906 bits per heavy atom. The van der Waals surface area contributed by atoms with E-state index in [0.717, 1.165) is 21.3 Å². The fourth-order valence-electron chi connectivity index (χ4n) is 5.13. The van der Waals surface area contributed by atoms with Crippen molar-refractivity contribution < 1.29 is 4.79 Å². The van der Waals surface area contributed by atoms with Crippen molar-refractivity contribution in [2.24, 2.45) is 5.92 Å². The zero-order valence-electron chi connectivity index (χ0n) is 17.0. The molecule has 0 bridgehead atoms. The van der Waals surface area contributed by atoms with Gasteiger partial charge in [0.05, 0.1) is 12.0 Å². The van der Waals surface area contributed by atoms with Gasteiger partial charge in [-0.05, 0) is 23.3 Å². The average molecular weight is 480 g/mol. The first-order valence-electron chi connectivity index (χ1n) is 10.3. The fourth-order valence-corrected chi connectivity index (χ4v) is 5.66. The maximum Gasteiger partial charge on any atom is 0.223 e. The smallest absolute Gasteiger partial charge is 0.223 e. The van der Waals surface area contributed by atoms with Crippen molar-refractivity contribution in [1.29, 1.82) is 10.5 Å². The molecule has 0 unspecified atom stereocenters. The van der Waals surface area contributed by atoms with Gasteiger partial charge in [0, 0.05) is 21.6 Å². The number of Topliss-reactive ketones (excluding diaryl/α,β-unsaturated/α-hetero) is 1. The molecule has 154 valence electrons. The normalized spacial score (nSPS) is 22.3. The van der Waals surface area contributed by atoms with Gasteiger partial charge in [0.2, 0.25) is 5.54 Å². The Morgan fingerprint density at radius 3 is 2.28 bits per heavy atom. The lowest BCUT2D eigenvalue weighted by atomic mass is 9.72. The van der Waals surface area contributed by atoms with Crippen molar-refractivity contribution in [1.82, 2.24) is 0 Å². The molecule has 3 aromatic carbocycles. The zero-order chi connectivity index (χ0) is 22.3. The maximum atomic E-state index is 13.9. The van der Waals surface area contributed by atoms with Gasteiger partial charge in [-0.15, -0.1) is 0 Å². The van der Waals surface area contributed by atoms with Crippen LogP contribution in [0.2, 0.25) is 0 Å². The highest BCUT2D eigenvalue weighted by Crippen LogP contribution is 2.55. The number of rotatable bonds is 3. The van der Waals surface area contributed by atoms with Gasteiger partial charge >= 0.3 is 0 Å². The highest BCUT2D eigenvalue weighted by molar-refractivity contribution is 9.10. The Morgan fingerprint density at radius 2 is 1.56 bits per heavy atom. The second-order valence-electron chi connectivity index (χ2n) is 8.02. The zero-order valence-corrected chi connectivity index (χ0v) is 18.6. The number of benzene rings is 3.